The molecule has 1 aromatic carbocycles. The number of aromatic nitrogens is 7. The molecule has 178 valence electrons. The van der Waals surface area contributed by atoms with Gasteiger partial charge in [-0.3, -0.25) is 9.48 Å². The number of anilines is 2. The monoisotopic (exact) mass is 480 g/mol. The lowest BCUT2D eigenvalue weighted by Crippen LogP contribution is -2.13. The van der Waals surface area contributed by atoms with Crippen LogP contribution >= 0.6 is 0 Å². The summed E-state index contributed by atoms with van der Waals surface area (Å²) < 4.78 is 44.6. The van der Waals surface area contributed by atoms with E-state index in [1.807, 2.05) is 20.8 Å². The highest BCUT2D eigenvalue weighted by molar-refractivity contribution is 5.95. The van der Waals surface area contributed by atoms with Gasteiger partial charge in [-0.15, -0.1) is 5.10 Å². The van der Waals surface area contributed by atoms with E-state index in [9.17, 15) is 18.0 Å². The Morgan fingerprint density at radius 3 is 2.54 bits per heavy atom. The van der Waals surface area contributed by atoms with Gasteiger partial charge in [0.25, 0.3) is 5.56 Å². The van der Waals surface area contributed by atoms with Crippen molar-refractivity contribution in [3.05, 3.63) is 69.9 Å². The van der Waals surface area contributed by atoms with Crippen molar-refractivity contribution in [3.63, 3.8) is 0 Å². The summed E-state index contributed by atoms with van der Waals surface area (Å²) in [5.41, 5.74) is 0.527. The van der Waals surface area contributed by atoms with Crippen LogP contribution in [-0.2, 0) is 12.7 Å². The van der Waals surface area contributed by atoms with Gasteiger partial charge in [0.15, 0.2) is 11.5 Å². The molecule has 0 fully saturated rings. The second-order valence-corrected chi connectivity index (χ2v) is 7.84. The van der Waals surface area contributed by atoms with Crippen molar-refractivity contribution in [1.82, 2.24) is 34.3 Å². The minimum absolute atomic E-state index is 0.0239. The van der Waals surface area contributed by atoms with Gasteiger partial charge < -0.3 is 5.32 Å². The quantitative estimate of drug-likeness (QED) is 0.409. The SMILES string of the molecule is CCn1nc(C)c(-c2nc3c4cccc(C(F)(F)F)c4nc(Nc4ccccnc4=O)n3n2)c1C. The van der Waals surface area contributed by atoms with Gasteiger partial charge in [-0.05, 0) is 45.0 Å². The molecule has 0 aliphatic carbocycles. The predicted molar refractivity (Wildman–Crippen MR) is 123 cm³/mol. The smallest absolute Gasteiger partial charge is 0.319 e. The van der Waals surface area contributed by atoms with Crippen LogP contribution in [-0.4, -0.2) is 34.3 Å². The number of hydrogen-bond donors (Lipinski definition) is 1. The highest BCUT2D eigenvalue weighted by Gasteiger charge is 2.34. The van der Waals surface area contributed by atoms with Gasteiger partial charge in [-0.2, -0.15) is 22.8 Å². The normalized spacial score (nSPS) is 11.9. The predicted octanol–water partition coefficient (Wildman–Crippen LogP) is 4.30. The summed E-state index contributed by atoms with van der Waals surface area (Å²) in [4.78, 5) is 24.9. The first kappa shape index (κ1) is 22.4. The fourth-order valence-corrected chi connectivity index (χ4v) is 4.04. The number of benzene rings is 1. The van der Waals surface area contributed by atoms with E-state index in [1.165, 1.54) is 28.9 Å². The molecular formula is C23H19F3N8O. The van der Waals surface area contributed by atoms with Crippen LogP contribution in [0.5, 0.6) is 0 Å². The first-order chi connectivity index (χ1) is 16.7. The number of aryl methyl sites for hydroxylation is 2. The molecule has 9 nitrogen and oxygen atoms in total. The van der Waals surface area contributed by atoms with E-state index in [0.29, 0.717) is 17.8 Å². The maximum atomic E-state index is 13.8. The molecule has 0 saturated heterocycles. The Labute approximate surface area is 196 Å². The first-order valence-electron chi connectivity index (χ1n) is 10.7. The van der Waals surface area contributed by atoms with E-state index in [0.717, 1.165) is 11.8 Å². The van der Waals surface area contributed by atoms with E-state index in [4.69, 9.17) is 0 Å². The van der Waals surface area contributed by atoms with Crippen LogP contribution in [0.15, 0.2) is 47.4 Å². The van der Waals surface area contributed by atoms with Gasteiger partial charge in [-0.1, -0.05) is 12.1 Å². The molecule has 0 spiro atoms. The molecule has 5 aromatic rings. The van der Waals surface area contributed by atoms with Crippen LogP contribution in [0.25, 0.3) is 27.9 Å². The van der Waals surface area contributed by atoms with Gasteiger partial charge >= 0.3 is 6.18 Å². The highest BCUT2D eigenvalue weighted by Crippen LogP contribution is 2.36. The molecular weight excluding hydrogens is 461 g/mol. The Balaban J connectivity index is 1.84. The van der Waals surface area contributed by atoms with Crippen molar-refractivity contribution in [2.45, 2.75) is 33.5 Å². The number of para-hydroxylation sites is 1. The molecule has 0 bridgehead atoms. The van der Waals surface area contributed by atoms with Crippen LogP contribution in [0, 0.1) is 13.8 Å². The number of nitrogens with zero attached hydrogens (tertiary/aromatic N) is 7. The lowest BCUT2D eigenvalue weighted by molar-refractivity contribution is -0.136. The number of alkyl halides is 3. The molecule has 5 rings (SSSR count). The lowest BCUT2D eigenvalue weighted by Gasteiger charge is -2.12. The summed E-state index contributed by atoms with van der Waals surface area (Å²) in [6.07, 6.45) is -3.33. The number of rotatable bonds is 4. The van der Waals surface area contributed by atoms with Gasteiger partial charge in [0.1, 0.15) is 5.69 Å². The second kappa shape index (κ2) is 8.15. The summed E-state index contributed by atoms with van der Waals surface area (Å²) in [5, 5.41) is 12.0. The van der Waals surface area contributed by atoms with Crippen LogP contribution in [0.1, 0.15) is 23.9 Å². The third kappa shape index (κ3) is 3.76. The van der Waals surface area contributed by atoms with E-state index >= 15 is 0 Å². The van der Waals surface area contributed by atoms with E-state index in [2.05, 4.69) is 30.5 Å². The summed E-state index contributed by atoms with van der Waals surface area (Å²) in [7, 11) is 0. The average molecular weight is 480 g/mol. The van der Waals surface area contributed by atoms with Gasteiger partial charge in [0, 0.05) is 23.8 Å². The second-order valence-electron chi connectivity index (χ2n) is 7.84. The fourth-order valence-electron chi connectivity index (χ4n) is 4.04. The van der Waals surface area contributed by atoms with E-state index in [-0.39, 0.29) is 34.0 Å². The molecule has 0 saturated carbocycles. The van der Waals surface area contributed by atoms with Gasteiger partial charge in [0.05, 0.1) is 22.3 Å². The number of nitrogens with one attached hydrogen (secondary N) is 1. The largest absolute Gasteiger partial charge is 0.418 e. The molecule has 0 amide bonds. The summed E-state index contributed by atoms with van der Waals surface area (Å²) in [5.74, 6) is 0.180. The third-order valence-electron chi connectivity index (χ3n) is 5.64. The maximum absolute atomic E-state index is 13.8. The Bertz CT molecular complexity index is 1660. The highest BCUT2D eigenvalue weighted by atomic mass is 19.4. The lowest BCUT2D eigenvalue weighted by atomic mass is 10.1. The summed E-state index contributed by atoms with van der Waals surface area (Å²) >= 11 is 0. The molecule has 0 atom stereocenters. The zero-order valence-corrected chi connectivity index (χ0v) is 18.9. The molecule has 1 N–H and O–H groups in total. The average Bonchev–Trinajstić information content (AvgIpc) is 3.30. The van der Waals surface area contributed by atoms with E-state index < -0.39 is 17.3 Å². The first-order valence-corrected chi connectivity index (χ1v) is 10.7. The third-order valence-corrected chi connectivity index (χ3v) is 5.64. The molecule has 0 aliphatic heterocycles. The van der Waals surface area contributed by atoms with Crippen LogP contribution in [0.4, 0.5) is 24.8 Å². The minimum atomic E-state index is -4.65. The van der Waals surface area contributed by atoms with Crippen molar-refractivity contribution in [2.75, 3.05) is 5.32 Å². The molecule has 35 heavy (non-hydrogen) atoms. The number of hydrogen-bond acceptors (Lipinski definition) is 7. The van der Waals surface area contributed by atoms with Gasteiger partial charge in [-0.25, -0.2) is 15.0 Å². The van der Waals surface area contributed by atoms with Gasteiger partial charge in [0.2, 0.25) is 5.95 Å². The Morgan fingerprint density at radius 1 is 1.03 bits per heavy atom. The fraction of sp³-hybridized carbons (Fsp3) is 0.217. The zero-order valence-electron chi connectivity index (χ0n) is 18.9. The summed E-state index contributed by atoms with van der Waals surface area (Å²) in [6.45, 7) is 6.28. The van der Waals surface area contributed by atoms with Crippen molar-refractivity contribution in [2.24, 2.45) is 0 Å². The van der Waals surface area contributed by atoms with Crippen molar-refractivity contribution < 1.29 is 13.2 Å². The molecule has 4 heterocycles. The number of halogens is 3. The molecule has 0 unspecified atom stereocenters. The maximum Gasteiger partial charge on any atom is 0.418 e. The molecule has 0 radical (unpaired) electrons. The number of fused-ring (bicyclic) bond motifs is 3. The zero-order chi connectivity index (χ0) is 24.9. The van der Waals surface area contributed by atoms with Crippen molar-refractivity contribution in [3.8, 4) is 11.4 Å². The Morgan fingerprint density at radius 2 is 1.83 bits per heavy atom. The van der Waals surface area contributed by atoms with Crippen LogP contribution < -0.4 is 10.9 Å². The summed E-state index contributed by atoms with van der Waals surface area (Å²) in [6, 6.07) is 8.36. The minimum Gasteiger partial charge on any atom is -0.319 e. The van der Waals surface area contributed by atoms with E-state index in [1.54, 1.807) is 16.8 Å². The van der Waals surface area contributed by atoms with Crippen LogP contribution in [0.2, 0.25) is 0 Å². The molecule has 4 aromatic heterocycles. The topological polar surface area (TPSA) is 103 Å². The Hall–Kier alpha value is -4.35. The van der Waals surface area contributed by atoms with Crippen LogP contribution in [0.3, 0.4) is 0 Å². The molecule has 12 heteroatoms. The van der Waals surface area contributed by atoms with Crippen molar-refractivity contribution in [1.29, 1.82) is 0 Å². The molecule has 0 aliphatic rings. The standard InChI is InChI=1S/C23H19F3N8O/c1-4-33-13(3)17(12(2)31-33)19-30-20-14-8-7-9-15(23(24,25)26)18(14)29-22(34(20)32-19)28-16-10-5-6-11-27-21(16)35/h5-11H,4H2,1-3H3,(H,27,28,29,35). The van der Waals surface area contributed by atoms with Crippen molar-refractivity contribution >= 4 is 28.2 Å². The Kier molecular flexibility index (Phi) is 5.23.